The van der Waals surface area contributed by atoms with E-state index in [-0.39, 0.29) is 12.0 Å². The lowest BCUT2D eigenvalue weighted by atomic mass is 9.79. The normalized spacial score (nSPS) is 16.9. The van der Waals surface area contributed by atoms with Crippen LogP contribution in [0.1, 0.15) is 29.6 Å². The van der Waals surface area contributed by atoms with Crippen LogP contribution < -0.4 is 9.13 Å². The molecule has 0 saturated carbocycles. The van der Waals surface area contributed by atoms with Crippen LogP contribution in [0.15, 0.2) is 152 Å². The van der Waals surface area contributed by atoms with Crippen LogP contribution in [0, 0.1) is 0 Å². The van der Waals surface area contributed by atoms with Crippen LogP contribution in [0.4, 0.5) is 0 Å². The van der Waals surface area contributed by atoms with Crippen molar-refractivity contribution in [2.24, 2.45) is 0 Å². The highest BCUT2D eigenvalue weighted by Gasteiger charge is 2.46. The summed E-state index contributed by atoms with van der Waals surface area (Å²) in [6.07, 6.45) is 6.24. The van der Waals surface area contributed by atoms with Crippen molar-refractivity contribution in [1.29, 1.82) is 0 Å². The highest BCUT2D eigenvalue weighted by Crippen LogP contribution is 2.46. The van der Waals surface area contributed by atoms with Crippen molar-refractivity contribution in [3.8, 4) is 33.6 Å². The second kappa shape index (κ2) is 9.94. The molecular weight excluding hydrogens is 597 g/mol. The van der Waals surface area contributed by atoms with Crippen LogP contribution in [0.25, 0.3) is 77.6 Å². The van der Waals surface area contributed by atoms with E-state index in [0.29, 0.717) is 0 Å². The zero-order valence-electron chi connectivity index (χ0n) is 26.9. The van der Waals surface area contributed by atoms with E-state index in [4.69, 9.17) is 11.6 Å². The minimum absolute atomic E-state index is 0.0700. The first kappa shape index (κ1) is 26.9. The number of benzene rings is 4. The predicted octanol–water partition coefficient (Wildman–Crippen LogP) is 9.56. The molecule has 0 fully saturated rings. The lowest BCUT2D eigenvalue weighted by Gasteiger charge is -2.29. The number of hydrogen-bond donors (Lipinski definition) is 0. The molecule has 11 rings (SSSR count). The third-order valence-corrected chi connectivity index (χ3v) is 11.1. The summed E-state index contributed by atoms with van der Waals surface area (Å²) in [4.78, 5) is 5.68. The second-order valence-electron chi connectivity index (χ2n) is 13.6. The smallest absolute Gasteiger partial charge is 0.249 e. The molecule has 2 aliphatic heterocycles. The van der Waals surface area contributed by atoms with Crippen molar-refractivity contribution >= 4 is 43.9 Å². The molecule has 0 amide bonds. The Labute approximate surface area is 283 Å². The first-order valence-corrected chi connectivity index (χ1v) is 17.2. The number of allylic oxidation sites excluding steroid dienone is 1. The van der Waals surface area contributed by atoms with Crippen molar-refractivity contribution in [2.45, 2.75) is 24.8 Å². The van der Waals surface area contributed by atoms with Gasteiger partial charge in [-0.1, -0.05) is 66.7 Å². The number of nitrogens with zero attached hydrogens (tertiary/aromatic N) is 4. The van der Waals surface area contributed by atoms with Crippen LogP contribution in [0.3, 0.4) is 0 Å². The molecule has 0 aliphatic carbocycles. The van der Waals surface area contributed by atoms with E-state index in [1.54, 1.807) is 0 Å². The maximum absolute atomic E-state index is 5.68. The van der Waals surface area contributed by atoms with Gasteiger partial charge in [-0.15, -0.1) is 0 Å². The molecule has 230 valence electrons. The molecule has 7 heterocycles. The largest absolute Gasteiger partial charge is 0.293 e. The molecule has 5 aromatic heterocycles. The Balaban J connectivity index is 1.22. The van der Waals surface area contributed by atoms with Gasteiger partial charge in [-0.3, -0.25) is 4.40 Å². The second-order valence-corrected chi connectivity index (χ2v) is 13.6. The van der Waals surface area contributed by atoms with E-state index in [2.05, 4.69) is 159 Å². The molecule has 4 nitrogen and oxygen atoms in total. The van der Waals surface area contributed by atoms with Crippen LogP contribution in [0.5, 0.6) is 0 Å². The lowest BCUT2D eigenvalue weighted by Crippen LogP contribution is -2.53. The first-order chi connectivity index (χ1) is 24.2. The fraction of sp³-hybridized carbons (Fsp3) is 0.0889. The Bertz CT molecular complexity index is 2810. The maximum Gasteiger partial charge on any atom is 0.249 e. The van der Waals surface area contributed by atoms with Crippen molar-refractivity contribution in [1.82, 2.24) is 9.38 Å². The molecule has 0 radical (unpaired) electrons. The van der Waals surface area contributed by atoms with Crippen LogP contribution in [-0.4, -0.2) is 9.38 Å². The van der Waals surface area contributed by atoms with Gasteiger partial charge in [-0.25, -0.2) is 4.98 Å². The summed E-state index contributed by atoms with van der Waals surface area (Å²) in [5.41, 5.74) is 14.4. The Hall–Kier alpha value is -6.13. The van der Waals surface area contributed by atoms with Crippen LogP contribution >= 0.6 is 0 Å². The van der Waals surface area contributed by atoms with Gasteiger partial charge in [0.1, 0.15) is 5.65 Å². The quantitative estimate of drug-likeness (QED) is 0.166. The summed E-state index contributed by atoms with van der Waals surface area (Å²) >= 11 is 0. The van der Waals surface area contributed by atoms with E-state index >= 15 is 0 Å². The Morgan fingerprint density at radius 1 is 0.633 bits per heavy atom. The van der Waals surface area contributed by atoms with E-state index in [9.17, 15) is 0 Å². The third-order valence-electron chi connectivity index (χ3n) is 11.1. The monoisotopic (exact) mass is 628 g/mol. The van der Waals surface area contributed by atoms with E-state index in [1.165, 1.54) is 66.1 Å². The van der Waals surface area contributed by atoms with Crippen molar-refractivity contribution < 1.29 is 9.13 Å². The number of rotatable bonds is 1. The summed E-state index contributed by atoms with van der Waals surface area (Å²) < 4.78 is 7.20. The molecule has 4 aromatic carbocycles. The number of hydrogen-bond acceptors (Lipinski definition) is 1. The van der Waals surface area contributed by atoms with E-state index in [0.717, 1.165) is 35.6 Å². The summed E-state index contributed by atoms with van der Waals surface area (Å²) in [7, 11) is 0. The average molecular weight is 629 g/mol. The van der Waals surface area contributed by atoms with Gasteiger partial charge in [0, 0.05) is 51.4 Å². The van der Waals surface area contributed by atoms with Crippen LogP contribution in [0.2, 0.25) is 0 Å². The van der Waals surface area contributed by atoms with Crippen molar-refractivity contribution in [3.63, 3.8) is 0 Å². The maximum atomic E-state index is 5.68. The fourth-order valence-corrected chi connectivity index (χ4v) is 9.04. The summed E-state index contributed by atoms with van der Waals surface area (Å²) in [5, 5.41) is 4.97. The Kier molecular flexibility index (Phi) is 5.46. The highest BCUT2D eigenvalue weighted by molar-refractivity contribution is 6.24. The van der Waals surface area contributed by atoms with Crippen LogP contribution in [-0.2, 0) is 6.42 Å². The molecule has 4 heteroatoms. The van der Waals surface area contributed by atoms with Crippen molar-refractivity contribution in [3.05, 3.63) is 164 Å². The number of aromatic nitrogens is 4. The van der Waals surface area contributed by atoms with Gasteiger partial charge in [-0.05, 0) is 78.6 Å². The topological polar surface area (TPSA) is 25.1 Å². The van der Waals surface area contributed by atoms with Gasteiger partial charge < -0.3 is 0 Å². The number of pyridine rings is 3. The number of fused-ring (bicyclic) bond motifs is 15. The van der Waals surface area contributed by atoms with Gasteiger partial charge in [0.05, 0.1) is 28.2 Å². The molecular formula is C45H32N4+2. The fourth-order valence-electron chi connectivity index (χ4n) is 9.04. The standard InChI is InChI=1S/C45H32N4/c1-28-43-34(31-15-5-6-16-32(31)40-18-10-12-24-48(40)43)21-22-39-38(41-19-9-11-23-47(28)41)27-37-36-26-30(29-13-3-2-4-14-29)25-35-33-17-7-8-20-42(33)49(44(35)36)45(37)46-39/h2-20,23-27,34,43H,1,21-22H2/q+2. The summed E-state index contributed by atoms with van der Waals surface area (Å²) in [5.74, 6) is 0.245. The zero-order valence-corrected chi connectivity index (χ0v) is 26.9. The molecule has 2 atom stereocenters. The summed E-state index contributed by atoms with van der Waals surface area (Å²) in [6, 6.07) is 48.8. The zero-order chi connectivity index (χ0) is 32.2. The lowest BCUT2D eigenvalue weighted by molar-refractivity contribution is -0.727. The average Bonchev–Trinajstić information content (AvgIpc) is 3.68. The summed E-state index contributed by atoms with van der Waals surface area (Å²) in [6.45, 7) is 4.85. The minimum atomic E-state index is 0.0700. The molecule has 0 N–H and O–H groups in total. The van der Waals surface area contributed by atoms with E-state index < -0.39 is 0 Å². The van der Waals surface area contributed by atoms with E-state index in [1.807, 2.05) is 0 Å². The highest BCUT2D eigenvalue weighted by atomic mass is 15.1. The first-order valence-electron chi connectivity index (χ1n) is 17.2. The molecule has 2 aliphatic rings. The van der Waals surface area contributed by atoms with Gasteiger partial charge in [0.15, 0.2) is 12.4 Å². The van der Waals surface area contributed by atoms with Gasteiger partial charge in [-0.2, -0.15) is 9.13 Å². The molecule has 2 unspecified atom stereocenters. The third kappa shape index (κ3) is 3.66. The predicted molar refractivity (Wildman–Crippen MR) is 197 cm³/mol. The number of para-hydroxylation sites is 1. The molecule has 0 spiro atoms. The SMILES string of the molecule is C=C1C2C(CCc3nc4c(cc3-c3cccc[n+]31)c1cc(-c3ccccc3)cc3c5ccccc5n4c31)c1ccccc1-c1cccc[n+]12. The number of aryl methyl sites for hydroxylation is 1. The molecule has 0 bridgehead atoms. The van der Waals surface area contributed by atoms with Crippen molar-refractivity contribution in [2.75, 3.05) is 0 Å². The Morgan fingerprint density at radius 2 is 1.37 bits per heavy atom. The molecule has 49 heavy (non-hydrogen) atoms. The molecule has 0 saturated heterocycles. The van der Waals surface area contributed by atoms with Gasteiger partial charge in [0.25, 0.3) is 0 Å². The minimum Gasteiger partial charge on any atom is -0.293 e. The Morgan fingerprint density at radius 3 is 2.27 bits per heavy atom. The van der Waals surface area contributed by atoms with Gasteiger partial charge >= 0.3 is 0 Å². The van der Waals surface area contributed by atoms with Gasteiger partial charge in [0.2, 0.25) is 23.1 Å². The molecule has 9 aromatic rings.